The molecule has 0 spiro atoms. The summed E-state index contributed by atoms with van der Waals surface area (Å²) >= 11 is 6.32. The number of rotatable bonds is 5. The molecule has 1 aliphatic heterocycles. The van der Waals surface area contributed by atoms with Gasteiger partial charge in [0, 0.05) is 11.1 Å². The van der Waals surface area contributed by atoms with E-state index >= 15 is 0 Å². The molecule has 106 valence electrons. The number of fused-ring (bicyclic) bond motifs is 1. The van der Waals surface area contributed by atoms with Gasteiger partial charge in [0.05, 0.1) is 0 Å². The molecule has 1 heterocycles. The molecule has 19 heavy (non-hydrogen) atoms. The summed E-state index contributed by atoms with van der Waals surface area (Å²) in [7, 11) is 1.98. The molecule has 2 rings (SSSR count). The van der Waals surface area contributed by atoms with E-state index in [4.69, 9.17) is 21.1 Å². The van der Waals surface area contributed by atoms with Crippen molar-refractivity contribution in [1.29, 1.82) is 0 Å². The number of hydrogen-bond acceptors (Lipinski definition) is 3. The predicted molar refractivity (Wildman–Crippen MR) is 78.5 cm³/mol. The minimum absolute atomic E-state index is 0.255. The van der Waals surface area contributed by atoms with Crippen LogP contribution < -0.4 is 14.8 Å². The highest BCUT2D eigenvalue weighted by molar-refractivity contribution is 6.31. The number of ether oxygens (including phenoxy) is 2. The lowest BCUT2D eigenvalue weighted by Crippen LogP contribution is -2.27. The highest BCUT2D eigenvalue weighted by Gasteiger charge is 2.19. The van der Waals surface area contributed by atoms with Gasteiger partial charge in [0.25, 0.3) is 0 Å². The second-order valence-corrected chi connectivity index (χ2v) is 6.19. The average molecular weight is 284 g/mol. The quantitative estimate of drug-likeness (QED) is 0.899. The van der Waals surface area contributed by atoms with Gasteiger partial charge in [-0.2, -0.15) is 0 Å². The van der Waals surface area contributed by atoms with Crippen molar-refractivity contribution in [2.75, 3.05) is 26.8 Å². The van der Waals surface area contributed by atoms with E-state index in [2.05, 4.69) is 19.2 Å². The molecule has 3 nitrogen and oxygen atoms in total. The normalized spacial score (nSPS) is 14.5. The van der Waals surface area contributed by atoms with Gasteiger partial charge in [-0.15, -0.1) is 0 Å². The summed E-state index contributed by atoms with van der Waals surface area (Å²) < 4.78 is 11.1. The third-order valence-electron chi connectivity index (χ3n) is 3.44. The zero-order chi connectivity index (χ0) is 13.9. The minimum Gasteiger partial charge on any atom is -0.486 e. The van der Waals surface area contributed by atoms with Crippen LogP contribution in [0.2, 0.25) is 5.02 Å². The van der Waals surface area contributed by atoms with Crippen molar-refractivity contribution in [3.63, 3.8) is 0 Å². The zero-order valence-corrected chi connectivity index (χ0v) is 12.6. The van der Waals surface area contributed by atoms with Crippen LogP contribution in [0.15, 0.2) is 12.1 Å². The van der Waals surface area contributed by atoms with E-state index in [9.17, 15) is 0 Å². The highest BCUT2D eigenvalue weighted by atomic mass is 35.5. The van der Waals surface area contributed by atoms with E-state index in [0.29, 0.717) is 13.2 Å². The van der Waals surface area contributed by atoms with Crippen molar-refractivity contribution in [2.24, 2.45) is 5.41 Å². The van der Waals surface area contributed by atoms with Crippen molar-refractivity contribution in [3.8, 4) is 11.5 Å². The Bertz CT molecular complexity index is 446. The molecule has 0 aromatic heterocycles. The van der Waals surface area contributed by atoms with Crippen LogP contribution in [0.25, 0.3) is 0 Å². The lowest BCUT2D eigenvalue weighted by Gasteiger charge is -2.25. The summed E-state index contributed by atoms with van der Waals surface area (Å²) in [6.45, 7) is 6.72. The molecule has 0 fully saturated rings. The fraction of sp³-hybridized carbons (Fsp3) is 0.600. The minimum atomic E-state index is 0.255. The SMILES string of the molecule is CNCC(C)(C)CCc1cc2c(cc1Cl)OCCO2. The standard InChI is InChI=1S/C15H22ClNO2/c1-15(2,10-17-3)5-4-11-8-13-14(9-12(11)16)19-7-6-18-13/h8-9,17H,4-7,10H2,1-3H3. The smallest absolute Gasteiger partial charge is 0.162 e. The van der Waals surface area contributed by atoms with E-state index in [1.54, 1.807) is 0 Å². The molecule has 1 aromatic carbocycles. The Morgan fingerprint density at radius 1 is 1.21 bits per heavy atom. The molecule has 0 saturated heterocycles. The number of aryl methyl sites for hydroxylation is 1. The first kappa shape index (κ1) is 14.5. The van der Waals surface area contributed by atoms with Crippen LogP contribution in [0, 0.1) is 5.41 Å². The summed E-state index contributed by atoms with van der Waals surface area (Å²) in [6.07, 6.45) is 2.03. The topological polar surface area (TPSA) is 30.5 Å². The maximum Gasteiger partial charge on any atom is 0.162 e. The second-order valence-electron chi connectivity index (χ2n) is 5.78. The lowest BCUT2D eigenvalue weighted by molar-refractivity contribution is 0.171. The van der Waals surface area contributed by atoms with E-state index in [1.165, 1.54) is 0 Å². The lowest BCUT2D eigenvalue weighted by atomic mass is 9.86. The van der Waals surface area contributed by atoms with Crippen molar-refractivity contribution < 1.29 is 9.47 Å². The van der Waals surface area contributed by atoms with Crippen LogP contribution in [0.3, 0.4) is 0 Å². The zero-order valence-electron chi connectivity index (χ0n) is 11.9. The Balaban J connectivity index is 2.08. The van der Waals surface area contributed by atoms with Crippen molar-refractivity contribution in [3.05, 3.63) is 22.7 Å². The molecule has 0 aliphatic carbocycles. The second kappa shape index (κ2) is 6.02. The van der Waals surface area contributed by atoms with Gasteiger partial charge < -0.3 is 14.8 Å². The molecule has 0 radical (unpaired) electrons. The van der Waals surface area contributed by atoms with Gasteiger partial charge in [0.2, 0.25) is 0 Å². The monoisotopic (exact) mass is 283 g/mol. The molecule has 1 N–H and O–H groups in total. The van der Waals surface area contributed by atoms with Crippen molar-refractivity contribution in [2.45, 2.75) is 26.7 Å². The summed E-state index contributed by atoms with van der Waals surface area (Å²) in [5.41, 5.74) is 1.39. The Morgan fingerprint density at radius 2 is 1.84 bits per heavy atom. The first-order chi connectivity index (χ1) is 9.02. The van der Waals surface area contributed by atoms with Gasteiger partial charge >= 0.3 is 0 Å². The largest absolute Gasteiger partial charge is 0.486 e. The molecule has 4 heteroatoms. The molecule has 0 unspecified atom stereocenters. The fourth-order valence-electron chi connectivity index (χ4n) is 2.34. The van der Waals surface area contributed by atoms with Crippen molar-refractivity contribution >= 4 is 11.6 Å². The third kappa shape index (κ3) is 3.77. The Morgan fingerprint density at radius 3 is 2.47 bits per heavy atom. The highest BCUT2D eigenvalue weighted by Crippen LogP contribution is 2.36. The van der Waals surface area contributed by atoms with E-state index in [1.807, 2.05) is 19.2 Å². The molecule has 1 aliphatic rings. The van der Waals surface area contributed by atoms with Gasteiger partial charge in [-0.3, -0.25) is 0 Å². The Kier molecular flexibility index (Phi) is 4.58. The molecule has 0 amide bonds. The van der Waals surface area contributed by atoms with Gasteiger partial charge in [0.15, 0.2) is 11.5 Å². The average Bonchev–Trinajstić information content (AvgIpc) is 2.36. The summed E-state index contributed by atoms with van der Waals surface area (Å²) in [5, 5.41) is 4.00. The molecular formula is C15H22ClNO2. The van der Waals surface area contributed by atoms with Gasteiger partial charge in [0.1, 0.15) is 13.2 Å². The van der Waals surface area contributed by atoms with E-state index < -0.39 is 0 Å². The van der Waals surface area contributed by atoms with Crippen LogP contribution in [0.5, 0.6) is 11.5 Å². The number of hydrogen-bond donors (Lipinski definition) is 1. The number of benzene rings is 1. The first-order valence-electron chi connectivity index (χ1n) is 6.74. The predicted octanol–water partition coefficient (Wildman–Crippen LogP) is 3.29. The van der Waals surface area contributed by atoms with Crippen molar-refractivity contribution in [1.82, 2.24) is 5.32 Å². The summed E-state index contributed by atoms with van der Waals surface area (Å²) in [6, 6.07) is 3.89. The third-order valence-corrected chi connectivity index (χ3v) is 3.79. The Labute approximate surface area is 120 Å². The summed E-state index contributed by atoms with van der Waals surface area (Å²) in [5.74, 6) is 1.58. The molecule has 0 bridgehead atoms. The van der Waals surface area contributed by atoms with Crippen LogP contribution >= 0.6 is 11.6 Å². The maximum atomic E-state index is 6.32. The molecule has 0 atom stereocenters. The maximum absolute atomic E-state index is 6.32. The van der Waals surface area contributed by atoms with Gasteiger partial charge in [-0.25, -0.2) is 0 Å². The fourth-order valence-corrected chi connectivity index (χ4v) is 2.59. The van der Waals surface area contributed by atoms with Crippen LogP contribution in [-0.4, -0.2) is 26.8 Å². The van der Waals surface area contributed by atoms with Gasteiger partial charge in [-0.1, -0.05) is 25.4 Å². The number of halogens is 1. The van der Waals surface area contributed by atoms with E-state index in [0.717, 1.165) is 41.5 Å². The summed E-state index contributed by atoms with van der Waals surface area (Å²) in [4.78, 5) is 0. The molecule has 0 saturated carbocycles. The van der Waals surface area contributed by atoms with Crippen LogP contribution in [0.4, 0.5) is 0 Å². The van der Waals surface area contributed by atoms with E-state index in [-0.39, 0.29) is 5.41 Å². The first-order valence-corrected chi connectivity index (χ1v) is 7.12. The van der Waals surface area contributed by atoms with Crippen LogP contribution in [-0.2, 0) is 6.42 Å². The Hall–Kier alpha value is -0.930. The van der Waals surface area contributed by atoms with Gasteiger partial charge in [-0.05, 0) is 43.5 Å². The molecule has 1 aromatic rings. The van der Waals surface area contributed by atoms with Crippen LogP contribution in [0.1, 0.15) is 25.8 Å². The molecular weight excluding hydrogens is 262 g/mol. The number of nitrogens with one attached hydrogen (secondary N) is 1.